The molecule has 0 radical (unpaired) electrons. The molecule has 1 aliphatic carbocycles. The molecule has 2 aromatic heterocycles. The van der Waals surface area contributed by atoms with Gasteiger partial charge in [0.1, 0.15) is 11.6 Å². The van der Waals surface area contributed by atoms with Gasteiger partial charge in [-0.3, -0.25) is 9.47 Å². The number of nitrogens with zero attached hydrogens (tertiary/aromatic N) is 6. The van der Waals surface area contributed by atoms with Crippen LogP contribution in [0, 0.1) is 6.92 Å². The van der Waals surface area contributed by atoms with Crippen molar-refractivity contribution in [1.82, 2.24) is 24.6 Å². The van der Waals surface area contributed by atoms with E-state index in [9.17, 15) is 0 Å². The number of aromatic nitrogens is 4. The lowest BCUT2D eigenvalue weighted by molar-refractivity contribution is 0.144. The van der Waals surface area contributed by atoms with Gasteiger partial charge in [0.25, 0.3) is 0 Å². The predicted octanol–water partition coefficient (Wildman–Crippen LogP) is 3.75. The van der Waals surface area contributed by atoms with E-state index in [-0.39, 0.29) is 5.38 Å². The Bertz CT molecular complexity index is 1080. The Labute approximate surface area is 200 Å². The van der Waals surface area contributed by atoms with Crippen molar-refractivity contribution in [2.24, 2.45) is 0 Å². The quantitative estimate of drug-likeness (QED) is 0.642. The van der Waals surface area contributed by atoms with E-state index in [4.69, 9.17) is 26.5 Å². The van der Waals surface area contributed by atoms with E-state index < -0.39 is 0 Å². The molecule has 6 rings (SSSR count). The average Bonchev–Trinajstić information content (AvgIpc) is 3.47. The Hall–Kier alpha value is -2.22. The van der Waals surface area contributed by atoms with Crippen molar-refractivity contribution in [1.29, 1.82) is 0 Å². The molecule has 2 atom stereocenters. The van der Waals surface area contributed by atoms with Gasteiger partial charge in [-0.25, -0.2) is 4.98 Å². The molecule has 0 bridgehead atoms. The Morgan fingerprint density at radius 2 is 2.00 bits per heavy atom. The zero-order chi connectivity index (χ0) is 22.4. The first-order valence-electron chi connectivity index (χ1n) is 12.1. The molecule has 4 aliphatic rings. The Morgan fingerprint density at radius 3 is 2.79 bits per heavy atom. The maximum Gasteiger partial charge on any atom is 0.151 e. The van der Waals surface area contributed by atoms with Gasteiger partial charge in [-0.05, 0) is 62.0 Å². The highest BCUT2D eigenvalue weighted by Crippen LogP contribution is 2.36. The van der Waals surface area contributed by atoms with Crippen LogP contribution in [0.4, 0.5) is 5.82 Å². The second-order valence-corrected chi connectivity index (χ2v) is 10.3. The van der Waals surface area contributed by atoms with Gasteiger partial charge >= 0.3 is 0 Å². The van der Waals surface area contributed by atoms with Crippen molar-refractivity contribution in [3.05, 3.63) is 53.3 Å². The monoisotopic (exact) mass is 466 g/mol. The summed E-state index contributed by atoms with van der Waals surface area (Å²) in [7, 11) is 0. The first kappa shape index (κ1) is 21.3. The Morgan fingerprint density at radius 1 is 1.12 bits per heavy atom. The summed E-state index contributed by atoms with van der Waals surface area (Å²) < 4.78 is 8.06. The van der Waals surface area contributed by atoms with Gasteiger partial charge in [-0.2, -0.15) is 0 Å². The molecule has 174 valence electrons. The smallest absolute Gasteiger partial charge is 0.151 e. The summed E-state index contributed by atoms with van der Waals surface area (Å²) in [5, 5.41) is 9.53. The first-order valence-corrected chi connectivity index (χ1v) is 12.6. The maximum absolute atomic E-state index is 6.56. The highest BCUT2D eigenvalue weighted by atomic mass is 35.5. The molecule has 2 aromatic rings. The van der Waals surface area contributed by atoms with Crippen LogP contribution < -0.4 is 4.90 Å². The van der Waals surface area contributed by atoms with E-state index >= 15 is 0 Å². The van der Waals surface area contributed by atoms with Crippen LogP contribution in [-0.2, 0) is 11.3 Å². The lowest BCUT2D eigenvalue weighted by Gasteiger charge is -2.33. The molecule has 5 heterocycles. The van der Waals surface area contributed by atoms with E-state index in [0.29, 0.717) is 12.0 Å². The third kappa shape index (κ3) is 4.11. The van der Waals surface area contributed by atoms with E-state index in [1.807, 2.05) is 6.20 Å². The van der Waals surface area contributed by atoms with Gasteiger partial charge in [0.2, 0.25) is 0 Å². The number of halogens is 1. The number of aryl methyl sites for hydroxylation is 1. The van der Waals surface area contributed by atoms with Crippen LogP contribution in [0.3, 0.4) is 0 Å². The number of ether oxygens (including phenoxy) is 1. The number of hydrogen-bond donors (Lipinski definition) is 0. The SMILES string of the molecule is Cc1ccnc(N2CCC(c3nnc4n3C3=C(CC(Cl)C=C3)CN([C@H]3CCOC3)C4)CC2)c1. The van der Waals surface area contributed by atoms with Gasteiger partial charge in [-0.1, -0.05) is 6.08 Å². The molecule has 0 N–H and O–H groups in total. The standard InChI is InChI=1S/C25H31ClN6O/c1-17-4-8-27-23(12-17)30-9-5-18(6-10-30)25-29-28-24-15-31(21-7-11-33-16-21)14-19-13-20(26)2-3-22(19)32(24)25/h2-4,8,12,18,20-21H,5-7,9-11,13-16H2,1H3/t20?,21-/m0/s1. The second kappa shape index (κ2) is 8.85. The van der Waals surface area contributed by atoms with Crippen LogP contribution >= 0.6 is 11.6 Å². The van der Waals surface area contributed by atoms with Crippen LogP contribution in [0.25, 0.3) is 5.70 Å². The summed E-state index contributed by atoms with van der Waals surface area (Å²) in [4.78, 5) is 9.51. The Kier molecular flexibility index (Phi) is 5.72. The highest BCUT2D eigenvalue weighted by molar-refractivity contribution is 6.22. The third-order valence-corrected chi connectivity index (χ3v) is 7.81. The summed E-state index contributed by atoms with van der Waals surface area (Å²) in [6.45, 7) is 7.48. The van der Waals surface area contributed by atoms with Gasteiger partial charge in [0, 0.05) is 50.1 Å². The number of hydrogen-bond acceptors (Lipinski definition) is 6. The molecule has 3 aliphatic heterocycles. The van der Waals surface area contributed by atoms with Gasteiger partial charge in [0.15, 0.2) is 5.82 Å². The number of piperidine rings is 1. The van der Waals surface area contributed by atoms with Gasteiger partial charge in [-0.15, -0.1) is 21.8 Å². The topological polar surface area (TPSA) is 59.3 Å². The molecule has 1 unspecified atom stereocenters. The van der Waals surface area contributed by atoms with Gasteiger partial charge in [0.05, 0.1) is 18.5 Å². The minimum Gasteiger partial charge on any atom is -0.380 e. The summed E-state index contributed by atoms with van der Waals surface area (Å²) in [5.74, 6) is 3.62. The molecule has 7 nitrogen and oxygen atoms in total. The normalized spacial score (nSPS) is 26.4. The fourth-order valence-electron chi connectivity index (χ4n) is 5.67. The van der Waals surface area contributed by atoms with E-state index in [0.717, 1.165) is 82.5 Å². The fourth-order valence-corrected chi connectivity index (χ4v) is 5.93. The maximum atomic E-state index is 6.56. The van der Waals surface area contributed by atoms with Crippen LogP contribution in [0.1, 0.15) is 48.8 Å². The van der Waals surface area contributed by atoms with E-state index in [1.54, 1.807) is 0 Å². The van der Waals surface area contributed by atoms with Crippen LogP contribution in [0.5, 0.6) is 0 Å². The average molecular weight is 467 g/mol. The number of anilines is 1. The molecule has 0 aromatic carbocycles. The van der Waals surface area contributed by atoms with Gasteiger partial charge < -0.3 is 9.64 Å². The number of alkyl halides is 1. The van der Waals surface area contributed by atoms with Crippen LogP contribution in [-0.4, -0.2) is 68.9 Å². The molecule has 0 saturated carbocycles. The summed E-state index contributed by atoms with van der Waals surface area (Å²) in [6.07, 6.45) is 10.3. The van der Waals surface area contributed by atoms with Crippen molar-refractivity contribution >= 4 is 23.1 Å². The number of pyridine rings is 1. The van der Waals surface area contributed by atoms with Crippen LogP contribution in [0.2, 0.25) is 0 Å². The number of fused-ring (bicyclic) bond motifs is 2. The summed E-state index contributed by atoms with van der Waals surface area (Å²) in [5.41, 5.74) is 3.89. The molecule has 33 heavy (non-hydrogen) atoms. The second-order valence-electron chi connectivity index (χ2n) is 9.75. The number of rotatable bonds is 3. The lowest BCUT2D eigenvalue weighted by atomic mass is 9.95. The predicted molar refractivity (Wildman–Crippen MR) is 129 cm³/mol. The van der Waals surface area contributed by atoms with Crippen molar-refractivity contribution in [3.8, 4) is 0 Å². The lowest BCUT2D eigenvalue weighted by Crippen LogP contribution is -2.36. The molecule has 2 fully saturated rings. The molecule has 8 heteroatoms. The van der Waals surface area contributed by atoms with Crippen LogP contribution in [0.15, 0.2) is 36.1 Å². The Balaban J connectivity index is 1.28. The molecule has 2 saturated heterocycles. The van der Waals surface area contributed by atoms with Crippen molar-refractivity contribution in [2.75, 3.05) is 37.7 Å². The fraction of sp³-hybridized carbons (Fsp3) is 0.560. The third-order valence-electron chi connectivity index (χ3n) is 7.51. The highest BCUT2D eigenvalue weighted by Gasteiger charge is 2.34. The van der Waals surface area contributed by atoms with E-state index in [1.165, 1.54) is 16.8 Å². The minimum atomic E-state index is 0.0528. The van der Waals surface area contributed by atoms with Crippen molar-refractivity contribution in [2.45, 2.75) is 56.5 Å². The molecular weight excluding hydrogens is 436 g/mol. The molecular formula is C25H31ClN6O. The van der Waals surface area contributed by atoms with Crippen molar-refractivity contribution in [3.63, 3.8) is 0 Å². The van der Waals surface area contributed by atoms with Crippen molar-refractivity contribution < 1.29 is 4.74 Å². The first-order chi connectivity index (χ1) is 16.2. The minimum absolute atomic E-state index is 0.0528. The summed E-state index contributed by atoms with van der Waals surface area (Å²) in [6, 6.07) is 4.67. The zero-order valence-electron chi connectivity index (χ0n) is 19.2. The molecule has 0 amide bonds. The number of allylic oxidation sites excluding steroid dienone is 3. The summed E-state index contributed by atoms with van der Waals surface area (Å²) >= 11 is 6.56. The van der Waals surface area contributed by atoms with E-state index in [2.05, 4.69) is 50.6 Å². The zero-order valence-corrected chi connectivity index (χ0v) is 19.9. The largest absolute Gasteiger partial charge is 0.380 e. The molecule has 0 spiro atoms.